The summed E-state index contributed by atoms with van der Waals surface area (Å²) in [6, 6.07) is 10.1. The Morgan fingerprint density at radius 3 is 2.65 bits per heavy atom. The smallest absolute Gasteiger partial charge is 0.220 e. The van der Waals surface area contributed by atoms with Crippen LogP contribution in [0.4, 0.5) is 0 Å². The quantitative estimate of drug-likeness (QED) is 0.862. The predicted octanol–water partition coefficient (Wildman–Crippen LogP) is 1.37. The number of benzene rings is 1. The van der Waals surface area contributed by atoms with Gasteiger partial charge >= 0.3 is 0 Å². The molecule has 1 N–H and O–H groups in total. The fraction of sp³-hybridized carbons (Fsp3) is 0.429. The van der Waals surface area contributed by atoms with E-state index in [0.29, 0.717) is 13.0 Å². The Kier molecular flexibility index (Phi) is 4.81. The lowest BCUT2D eigenvalue weighted by Gasteiger charge is -2.17. The van der Waals surface area contributed by atoms with Crippen LogP contribution in [0.5, 0.6) is 0 Å². The Hall–Kier alpha value is -2.24. The number of amides is 1. The molecule has 6 heteroatoms. The Balaban J connectivity index is 2.10. The maximum atomic E-state index is 12.0. The standard InChI is InChI=1S/C14H19N5O/c1-11(2)16-14(20)8-13(9-19-10-15-17-18-19)12-6-4-3-5-7-12/h3-7,10-11,13H,8-9H2,1-2H3,(H,16,20). The predicted molar refractivity (Wildman–Crippen MR) is 74.9 cm³/mol. The third kappa shape index (κ3) is 4.15. The molecule has 1 amide bonds. The number of carbonyl (C=O) groups excluding carboxylic acids is 1. The number of nitrogens with zero attached hydrogens (tertiary/aromatic N) is 4. The van der Waals surface area contributed by atoms with Crippen molar-refractivity contribution in [2.24, 2.45) is 0 Å². The van der Waals surface area contributed by atoms with Gasteiger partial charge in [0, 0.05) is 18.4 Å². The van der Waals surface area contributed by atoms with E-state index in [9.17, 15) is 4.79 Å². The second-order valence-electron chi connectivity index (χ2n) is 5.07. The number of rotatable bonds is 6. The van der Waals surface area contributed by atoms with Crippen molar-refractivity contribution in [1.29, 1.82) is 0 Å². The fourth-order valence-electron chi connectivity index (χ4n) is 2.11. The normalized spacial score (nSPS) is 12.3. The van der Waals surface area contributed by atoms with Gasteiger partial charge in [-0.1, -0.05) is 30.3 Å². The van der Waals surface area contributed by atoms with E-state index in [2.05, 4.69) is 20.8 Å². The number of hydrogen-bond donors (Lipinski definition) is 1. The molecule has 1 unspecified atom stereocenters. The second kappa shape index (κ2) is 6.79. The van der Waals surface area contributed by atoms with Gasteiger partial charge in [-0.05, 0) is 29.8 Å². The fourth-order valence-corrected chi connectivity index (χ4v) is 2.11. The van der Waals surface area contributed by atoms with Crippen LogP contribution in [-0.2, 0) is 11.3 Å². The highest BCUT2D eigenvalue weighted by molar-refractivity contribution is 5.77. The van der Waals surface area contributed by atoms with E-state index in [-0.39, 0.29) is 17.9 Å². The Morgan fingerprint density at radius 1 is 1.30 bits per heavy atom. The topological polar surface area (TPSA) is 72.7 Å². The summed E-state index contributed by atoms with van der Waals surface area (Å²) >= 11 is 0. The summed E-state index contributed by atoms with van der Waals surface area (Å²) in [6.45, 7) is 4.50. The van der Waals surface area contributed by atoms with Gasteiger partial charge in [-0.2, -0.15) is 0 Å². The van der Waals surface area contributed by atoms with Crippen molar-refractivity contribution < 1.29 is 4.79 Å². The third-order valence-electron chi connectivity index (χ3n) is 2.95. The molecule has 1 aromatic heterocycles. The van der Waals surface area contributed by atoms with Gasteiger partial charge in [-0.25, -0.2) is 4.68 Å². The van der Waals surface area contributed by atoms with E-state index < -0.39 is 0 Å². The zero-order valence-electron chi connectivity index (χ0n) is 11.7. The minimum absolute atomic E-state index is 0.0435. The molecule has 6 nitrogen and oxygen atoms in total. The van der Waals surface area contributed by atoms with Crippen LogP contribution in [0.1, 0.15) is 31.7 Å². The summed E-state index contributed by atoms with van der Waals surface area (Å²) < 4.78 is 1.65. The van der Waals surface area contributed by atoms with E-state index in [1.165, 1.54) is 0 Å². The van der Waals surface area contributed by atoms with Crippen molar-refractivity contribution in [3.8, 4) is 0 Å². The third-order valence-corrected chi connectivity index (χ3v) is 2.95. The van der Waals surface area contributed by atoms with Crippen LogP contribution in [0, 0.1) is 0 Å². The summed E-state index contributed by atoms with van der Waals surface area (Å²) in [5.41, 5.74) is 1.11. The highest BCUT2D eigenvalue weighted by atomic mass is 16.1. The lowest BCUT2D eigenvalue weighted by atomic mass is 9.95. The molecule has 0 fully saturated rings. The molecule has 0 aliphatic carbocycles. The van der Waals surface area contributed by atoms with Crippen molar-refractivity contribution in [3.05, 3.63) is 42.2 Å². The first-order valence-electron chi connectivity index (χ1n) is 6.70. The SMILES string of the molecule is CC(C)NC(=O)CC(Cn1cnnn1)c1ccccc1. The first-order chi connectivity index (χ1) is 9.65. The van der Waals surface area contributed by atoms with Crippen LogP contribution in [0.2, 0.25) is 0 Å². The molecule has 1 aromatic carbocycles. The first kappa shape index (κ1) is 14.2. The molecular weight excluding hydrogens is 254 g/mol. The van der Waals surface area contributed by atoms with Crippen LogP contribution in [0.3, 0.4) is 0 Å². The largest absolute Gasteiger partial charge is 0.354 e. The van der Waals surface area contributed by atoms with Crippen LogP contribution < -0.4 is 5.32 Å². The van der Waals surface area contributed by atoms with Crippen LogP contribution in [-0.4, -0.2) is 32.2 Å². The molecule has 0 aliphatic heterocycles. The van der Waals surface area contributed by atoms with Gasteiger partial charge in [0.1, 0.15) is 6.33 Å². The van der Waals surface area contributed by atoms with E-state index in [1.54, 1.807) is 11.0 Å². The molecule has 0 spiro atoms. The van der Waals surface area contributed by atoms with Crippen molar-refractivity contribution in [2.75, 3.05) is 0 Å². The molecule has 1 heterocycles. The molecule has 0 bridgehead atoms. The number of tetrazole rings is 1. The zero-order valence-corrected chi connectivity index (χ0v) is 11.7. The zero-order chi connectivity index (χ0) is 14.4. The van der Waals surface area contributed by atoms with E-state index >= 15 is 0 Å². The van der Waals surface area contributed by atoms with Gasteiger partial charge in [0.2, 0.25) is 5.91 Å². The van der Waals surface area contributed by atoms with Crippen molar-refractivity contribution in [1.82, 2.24) is 25.5 Å². The van der Waals surface area contributed by atoms with Gasteiger partial charge in [0.15, 0.2) is 0 Å². The number of hydrogen-bond acceptors (Lipinski definition) is 4. The summed E-state index contributed by atoms with van der Waals surface area (Å²) in [7, 11) is 0. The molecule has 0 radical (unpaired) electrons. The summed E-state index contributed by atoms with van der Waals surface area (Å²) in [4.78, 5) is 12.0. The van der Waals surface area contributed by atoms with Crippen molar-refractivity contribution >= 4 is 5.91 Å². The van der Waals surface area contributed by atoms with Crippen molar-refractivity contribution in [3.63, 3.8) is 0 Å². The maximum Gasteiger partial charge on any atom is 0.220 e. The number of aromatic nitrogens is 4. The van der Waals surface area contributed by atoms with E-state index in [0.717, 1.165) is 5.56 Å². The molecular formula is C14H19N5O. The Bertz CT molecular complexity index is 524. The average Bonchev–Trinajstić information content (AvgIpc) is 2.91. The molecule has 0 saturated heterocycles. The lowest BCUT2D eigenvalue weighted by Crippen LogP contribution is -2.31. The Morgan fingerprint density at radius 2 is 2.05 bits per heavy atom. The highest BCUT2D eigenvalue weighted by Gasteiger charge is 2.17. The first-order valence-corrected chi connectivity index (χ1v) is 6.70. The van der Waals surface area contributed by atoms with Gasteiger partial charge in [-0.15, -0.1) is 5.10 Å². The van der Waals surface area contributed by atoms with E-state index in [1.807, 2.05) is 44.2 Å². The average molecular weight is 273 g/mol. The Labute approximate surface area is 118 Å². The van der Waals surface area contributed by atoms with Gasteiger partial charge in [0.25, 0.3) is 0 Å². The maximum absolute atomic E-state index is 12.0. The summed E-state index contributed by atoms with van der Waals surface area (Å²) in [5.74, 6) is 0.0976. The monoisotopic (exact) mass is 273 g/mol. The van der Waals surface area contributed by atoms with Gasteiger partial charge in [0.05, 0.1) is 6.54 Å². The lowest BCUT2D eigenvalue weighted by molar-refractivity contribution is -0.122. The van der Waals surface area contributed by atoms with Crippen LogP contribution in [0.15, 0.2) is 36.7 Å². The van der Waals surface area contributed by atoms with Gasteiger partial charge in [-0.3, -0.25) is 4.79 Å². The minimum atomic E-state index is 0.0435. The van der Waals surface area contributed by atoms with Crippen molar-refractivity contribution in [2.45, 2.75) is 38.8 Å². The number of carbonyl (C=O) groups is 1. The molecule has 1 atom stereocenters. The number of nitrogens with one attached hydrogen (secondary N) is 1. The van der Waals surface area contributed by atoms with Crippen LogP contribution >= 0.6 is 0 Å². The molecule has 2 aromatic rings. The summed E-state index contributed by atoms with van der Waals surface area (Å²) in [6.07, 6.45) is 1.98. The van der Waals surface area contributed by atoms with Gasteiger partial charge < -0.3 is 5.32 Å². The van der Waals surface area contributed by atoms with Crippen LogP contribution in [0.25, 0.3) is 0 Å². The summed E-state index contributed by atoms with van der Waals surface area (Å²) in [5, 5.41) is 14.1. The second-order valence-corrected chi connectivity index (χ2v) is 5.07. The molecule has 20 heavy (non-hydrogen) atoms. The highest BCUT2D eigenvalue weighted by Crippen LogP contribution is 2.21. The molecule has 2 rings (SSSR count). The molecule has 106 valence electrons. The molecule has 0 aliphatic rings. The van der Waals surface area contributed by atoms with E-state index in [4.69, 9.17) is 0 Å². The molecule has 0 saturated carbocycles. The minimum Gasteiger partial charge on any atom is -0.354 e.